The summed E-state index contributed by atoms with van der Waals surface area (Å²) in [6, 6.07) is 9.75. The van der Waals surface area contributed by atoms with Crippen molar-refractivity contribution in [1.82, 2.24) is 0 Å². The van der Waals surface area contributed by atoms with E-state index < -0.39 is 15.9 Å². The van der Waals surface area contributed by atoms with Crippen LogP contribution < -0.4 is 9.62 Å². The molecule has 1 saturated heterocycles. The predicted molar refractivity (Wildman–Crippen MR) is 111 cm³/mol. The van der Waals surface area contributed by atoms with Gasteiger partial charge in [-0.3, -0.25) is 9.10 Å². The molecule has 27 heavy (non-hydrogen) atoms. The number of nitrogens with one attached hydrogen (secondary N) is 1. The maximum Gasteiger partial charge on any atom is 0.248 e. The van der Waals surface area contributed by atoms with Crippen LogP contribution in [0, 0.1) is 0 Å². The molecule has 1 N–H and O–H groups in total. The fourth-order valence-corrected chi connectivity index (χ4v) is 4.94. The molecular formula is C18H15Cl3N2O3S. The number of carbonyl (C=O) groups is 1. The maximum atomic E-state index is 12.2. The van der Waals surface area contributed by atoms with Gasteiger partial charge in [-0.2, -0.15) is 0 Å². The zero-order chi connectivity index (χ0) is 19.6. The average molecular weight is 446 g/mol. The number of carbonyl (C=O) groups excluding carboxylic acids is 1. The first-order valence-electron chi connectivity index (χ1n) is 8.01. The van der Waals surface area contributed by atoms with Crippen LogP contribution in [-0.2, 0) is 14.8 Å². The van der Waals surface area contributed by atoms with Gasteiger partial charge in [-0.1, -0.05) is 40.9 Å². The third kappa shape index (κ3) is 4.58. The lowest BCUT2D eigenvalue weighted by Gasteiger charge is -2.18. The highest BCUT2D eigenvalue weighted by Crippen LogP contribution is 2.31. The van der Waals surface area contributed by atoms with Gasteiger partial charge in [0.15, 0.2) is 0 Å². The first-order chi connectivity index (χ1) is 12.8. The highest BCUT2D eigenvalue weighted by molar-refractivity contribution is 7.93. The van der Waals surface area contributed by atoms with E-state index in [1.54, 1.807) is 36.4 Å². The fraction of sp³-hybridized carbons (Fsp3) is 0.167. The smallest absolute Gasteiger partial charge is 0.248 e. The second kappa shape index (κ2) is 8.10. The van der Waals surface area contributed by atoms with Gasteiger partial charge in [-0.15, -0.1) is 0 Å². The number of rotatable bonds is 4. The van der Waals surface area contributed by atoms with Crippen LogP contribution in [0.2, 0.25) is 15.1 Å². The topological polar surface area (TPSA) is 66.5 Å². The van der Waals surface area contributed by atoms with E-state index in [-0.39, 0.29) is 5.75 Å². The summed E-state index contributed by atoms with van der Waals surface area (Å²) in [6.45, 7) is 0.405. The van der Waals surface area contributed by atoms with Gasteiger partial charge in [0.2, 0.25) is 15.9 Å². The minimum absolute atomic E-state index is 0.110. The van der Waals surface area contributed by atoms with E-state index >= 15 is 0 Å². The Bertz CT molecular complexity index is 1000. The number of nitrogens with zero attached hydrogens (tertiary/aromatic N) is 1. The van der Waals surface area contributed by atoms with Gasteiger partial charge < -0.3 is 5.32 Å². The largest absolute Gasteiger partial charge is 0.321 e. The molecule has 2 aromatic rings. The minimum Gasteiger partial charge on any atom is -0.321 e. The van der Waals surface area contributed by atoms with E-state index in [1.165, 1.54) is 16.5 Å². The van der Waals surface area contributed by atoms with Gasteiger partial charge in [-0.05, 0) is 42.8 Å². The van der Waals surface area contributed by atoms with Crippen molar-refractivity contribution in [2.24, 2.45) is 0 Å². The van der Waals surface area contributed by atoms with E-state index in [4.69, 9.17) is 34.8 Å². The van der Waals surface area contributed by atoms with Crippen molar-refractivity contribution in [3.63, 3.8) is 0 Å². The molecule has 1 amide bonds. The van der Waals surface area contributed by atoms with Gasteiger partial charge in [0.25, 0.3) is 0 Å². The molecule has 9 heteroatoms. The number of amides is 1. The molecule has 0 radical (unpaired) electrons. The molecule has 0 aliphatic carbocycles. The first-order valence-corrected chi connectivity index (χ1v) is 10.8. The zero-order valence-corrected chi connectivity index (χ0v) is 17.0. The molecule has 1 aliphatic heterocycles. The monoisotopic (exact) mass is 444 g/mol. The Labute approximate surface area is 172 Å². The van der Waals surface area contributed by atoms with Crippen molar-refractivity contribution in [2.75, 3.05) is 21.9 Å². The molecule has 3 rings (SSSR count). The lowest BCUT2D eigenvalue weighted by atomic mass is 10.2. The van der Waals surface area contributed by atoms with Crippen LogP contribution in [0.4, 0.5) is 11.4 Å². The standard InChI is InChI=1S/C18H15Cl3N2O3S/c19-14-3-1-4-15(20)13(14)6-8-18(24)22-17-11-12(5-7-16(17)21)23-9-2-10-27(23,25)26/h1,3-8,11H,2,9-10H2,(H,22,24)/b8-6+. The average Bonchev–Trinajstić information content (AvgIpc) is 2.95. The fourth-order valence-electron chi connectivity index (χ4n) is 2.70. The molecule has 0 spiro atoms. The Morgan fingerprint density at radius 1 is 1.07 bits per heavy atom. The normalized spacial score (nSPS) is 16.0. The van der Waals surface area contributed by atoms with Crippen LogP contribution in [0.15, 0.2) is 42.5 Å². The Kier molecular flexibility index (Phi) is 6.01. The number of benzene rings is 2. The molecule has 142 valence electrons. The molecule has 1 heterocycles. The molecule has 1 fully saturated rings. The third-order valence-corrected chi connectivity index (χ3v) is 6.85. The highest BCUT2D eigenvalue weighted by atomic mass is 35.5. The van der Waals surface area contributed by atoms with Gasteiger partial charge in [0.05, 0.1) is 22.2 Å². The summed E-state index contributed by atoms with van der Waals surface area (Å²) in [6.07, 6.45) is 3.35. The van der Waals surface area contributed by atoms with Crippen LogP contribution >= 0.6 is 34.8 Å². The van der Waals surface area contributed by atoms with Crippen LogP contribution in [0.5, 0.6) is 0 Å². The van der Waals surface area contributed by atoms with Crippen LogP contribution in [0.25, 0.3) is 6.08 Å². The third-order valence-electron chi connectivity index (χ3n) is 4.00. The van der Waals surface area contributed by atoms with Crippen molar-refractivity contribution in [3.8, 4) is 0 Å². The number of anilines is 2. The SMILES string of the molecule is O=C(/C=C/c1c(Cl)cccc1Cl)Nc1cc(N2CCCS2(=O)=O)ccc1Cl. The molecular weight excluding hydrogens is 431 g/mol. The highest BCUT2D eigenvalue weighted by Gasteiger charge is 2.28. The summed E-state index contributed by atoms with van der Waals surface area (Å²) in [5.41, 5.74) is 1.31. The van der Waals surface area contributed by atoms with E-state index in [0.717, 1.165) is 0 Å². The quantitative estimate of drug-likeness (QED) is 0.685. The minimum atomic E-state index is -3.32. The van der Waals surface area contributed by atoms with Gasteiger partial charge >= 0.3 is 0 Å². The molecule has 0 saturated carbocycles. The van der Waals surface area contributed by atoms with Gasteiger partial charge in [0, 0.05) is 28.2 Å². The van der Waals surface area contributed by atoms with Gasteiger partial charge in [-0.25, -0.2) is 8.42 Å². The second-order valence-electron chi connectivity index (χ2n) is 5.86. The van der Waals surface area contributed by atoms with E-state index in [1.807, 2.05) is 0 Å². The molecule has 0 unspecified atom stereocenters. The summed E-state index contributed by atoms with van der Waals surface area (Å²) in [5, 5.41) is 3.79. The summed E-state index contributed by atoms with van der Waals surface area (Å²) >= 11 is 18.3. The van der Waals surface area contributed by atoms with E-state index in [0.29, 0.717) is 45.0 Å². The lowest BCUT2D eigenvalue weighted by Crippen LogP contribution is -2.25. The van der Waals surface area contributed by atoms with Crippen molar-refractivity contribution in [2.45, 2.75) is 6.42 Å². The van der Waals surface area contributed by atoms with Crippen LogP contribution in [0.1, 0.15) is 12.0 Å². The van der Waals surface area contributed by atoms with Gasteiger partial charge in [0.1, 0.15) is 0 Å². The first kappa shape index (κ1) is 20.0. The molecule has 0 bridgehead atoms. The summed E-state index contributed by atoms with van der Waals surface area (Å²) in [7, 11) is -3.32. The summed E-state index contributed by atoms with van der Waals surface area (Å²) in [4.78, 5) is 12.2. The Balaban J connectivity index is 1.80. The lowest BCUT2D eigenvalue weighted by molar-refractivity contribution is -0.111. The Morgan fingerprint density at radius 2 is 1.78 bits per heavy atom. The number of sulfonamides is 1. The number of hydrogen-bond donors (Lipinski definition) is 1. The predicted octanol–water partition coefficient (Wildman–Crippen LogP) is 4.84. The second-order valence-corrected chi connectivity index (χ2v) is 9.10. The van der Waals surface area contributed by atoms with Crippen LogP contribution in [-0.4, -0.2) is 26.6 Å². The molecule has 5 nitrogen and oxygen atoms in total. The summed E-state index contributed by atoms with van der Waals surface area (Å²) < 4.78 is 25.5. The number of hydrogen-bond acceptors (Lipinski definition) is 3. The van der Waals surface area contributed by atoms with Crippen molar-refractivity contribution >= 4 is 68.2 Å². The molecule has 0 aromatic heterocycles. The Hall–Kier alpha value is -1.73. The molecule has 0 atom stereocenters. The van der Waals surface area contributed by atoms with E-state index in [9.17, 15) is 13.2 Å². The molecule has 2 aromatic carbocycles. The molecule has 1 aliphatic rings. The number of halogens is 3. The van der Waals surface area contributed by atoms with Crippen LogP contribution in [0.3, 0.4) is 0 Å². The van der Waals surface area contributed by atoms with Crippen molar-refractivity contribution in [3.05, 3.63) is 63.1 Å². The maximum absolute atomic E-state index is 12.2. The van der Waals surface area contributed by atoms with E-state index in [2.05, 4.69) is 5.32 Å². The Morgan fingerprint density at radius 3 is 2.41 bits per heavy atom. The summed E-state index contributed by atoms with van der Waals surface area (Å²) in [5.74, 6) is -0.340. The zero-order valence-electron chi connectivity index (χ0n) is 14.0. The van der Waals surface area contributed by atoms with Crippen molar-refractivity contribution in [1.29, 1.82) is 0 Å². The van der Waals surface area contributed by atoms with Crippen molar-refractivity contribution < 1.29 is 13.2 Å².